The van der Waals surface area contributed by atoms with Gasteiger partial charge in [-0.25, -0.2) is 18.4 Å². The van der Waals surface area contributed by atoms with Gasteiger partial charge in [0.2, 0.25) is 5.91 Å². The molecule has 8 nitrogen and oxygen atoms in total. The molecule has 0 aromatic carbocycles. The maximum atomic E-state index is 13.9. The Labute approximate surface area is 189 Å². The van der Waals surface area contributed by atoms with Crippen LogP contribution in [0.25, 0.3) is 22.5 Å². The molecule has 0 unspecified atom stereocenters. The molecule has 4 aromatic heterocycles. The first-order valence-corrected chi connectivity index (χ1v) is 10.7. The normalized spacial score (nSPS) is 11.6. The summed E-state index contributed by atoms with van der Waals surface area (Å²) in [6, 6.07) is 4.63. The van der Waals surface area contributed by atoms with Crippen LogP contribution < -0.4 is 0 Å². The van der Waals surface area contributed by atoms with Crippen LogP contribution in [0.4, 0.5) is 8.78 Å². The maximum absolute atomic E-state index is 13.9. The summed E-state index contributed by atoms with van der Waals surface area (Å²) in [5.41, 5.74) is 3.58. The Bertz CT molecular complexity index is 1310. The molecule has 0 aliphatic rings. The molecule has 1 amide bonds. The molecule has 0 saturated carbocycles. The minimum absolute atomic E-state index is 0.127. The molecule has 0 radical (unpaired) electrons. The number of amides is 1. The Morgan fingerprint density at radius 3 is 2.52 bits per heavy atom. The first-order valence-electron chi connectivity index (χ1n) is 10.7. The highest BCUT2D eigenvalue weighted by Crippen LogP contribution is 2.33. The van der Waals surface area contributed by atoms with Gasteiger partial charge in [0, 0.05) is 37.0 Å². The van der Waals surface area contributed by atoms with Gasteiger partial charge in [0.1, 0.15) is 12.2 Å². The predicted octanol–water partition coefficient (Wildman–Crippen LogP) is 4.43. The topological polar surface area (TPSA) is 82.0 Å². The summed E-state index contributed by atoms with van der Waals surface area (Å²) in [4.78, 5) is 19.1. The molecule has 174 valence electrons. The van der Waals surface area contributed by atoms with Crippen LogP contribution in [0, 0.1) is 20.8 Å². The number of likely N-dealkylation sites (N-methyl/N-ethyl adjacent to an activating group) is 1. The summed E-state index contributed by atoms with van der Waals surface area (Å²) in [5, 5.41) is 9.12. The summed E-state index contributed by atoms with van der Waals surface area (Å²) in [7, 11) is 1.70. The van der Waals surface area contributed by atoms with E-state index in [1.807, 2.05) is 25.5 Å². The molecule has 4 heterocycles. The van der Waals surface area contributed by atoms with E-state index in [1.54, 1.807) is 31.0 Å². The lowest BCUT2D eigenvalue weighted by atomic mass is 10.1. The van der Waals surface area contributed by atoms with Crippen molar-refractivity contribution in [3.8, 4) is 11.5 Å². The van der Waals surface area contributed by atoms with Crippen molar-refractivity contribution in [3.63, 3.8) is 0 Å². The Hall–Kier alpha value is -3.56. The molecule has 4 aromatic rings. The highest BCUT2D eigenvalue weighted by atomic mass is 19.3. The molecule has 33 heavy (non-hydrogen) atoms. The van der Waals surface area contributed by atoms with Crippen molar-refractivity contribution < 1.29 is 18.0 Å². The maximum Gasteiger partial charge on any atom is 0.264 e. The number of furan rings is 1. The van der Waals surface area contributed by atoms with Crippen molar-refractivity contribution in [3.05, 3.63) is 52.7 Å². The second-order valence-electron chi connectivity index (χ2n) is 8.03. The number of aryl methyl sites for hydroxylation is 3. The van der Waals surface area contributed by atoms with Crippen molar-refractivity contribution in [2.75, 3.05) is 7.05 Å². The number of hydrogen-bond acceptors (Lipinski definition) is 5. The summed E-state index contributed by atoms with van der Waals surface area (Å²) < 4.78 is 36.4. The largest absolute Gasteiger partial charge is 0.463 e. The van der Waals surface area contributed by atoms with Gasteiger partial charge < -0.3 is 9.32 Å². The van der Waals surface area contributed by atoms with E-state index in [-0.39, 0.29) is 34.7 Å². The highest BCUT2D eigenvalue weighted by Gasteiger charge is 2.24. The quantitative estimate of drug-likeness (QED) is 0.411. The fourth-order valence-corrected chi connectivity index (χ4v) is 4.06. The van der Waals surface area contributed by atoms with Gasteiger partial charge in [-0.2, -0.15) is 10.2 Å². The fourth-order valence-electron chi connectivity index (χ4n) is 4.06. The first kappa shape index (κ1) is 22.6. The van der Waals surface area contributed by atoms with Crippen LogP contribution >= 0.6 is 0 Å². The molecular weight excluding hydrogens is 430 g/mol. The van der Waals surface area contributed by atoms with Crippen LogP contribution in [0.5, 0.6) is 0 Å². The van der Waals surface area contributed by atoms with Gasteiger partial charge in [0.05, 0.1) is 23.0 Å². The Morgan fingerprint density at radius 2 is 1.91 bits per heavy atom. The lowest BCUT2D eigenvalue weighted by Crippen LogP contribution is -2.30. The van der Waals surface area contributed by atoms with Crippen molar-refractivity contribution in [1.29, 1.82) is 0 Å². The third-order valence-electron chi connectivity index (χ3n) is 5.85. The van der Waals surface area contributed by atoms with E-state index in [9.17, 15) is 13.6 Å². The molecule has 4 rings (SSSR count). The van der Waals surface area contributed by atoms with E-state index < -0.39 is 6.43 Å². The second-order valence-corrected chi connectivity index (χ2v) is 8.03. The average molecular weight is 456 g/mol. The molecule has 0 aliphatic carbocycles. The lowest BCUT2D eigenvalue weighted by molar-refractivity contribution is -0.131. The molecule has 0 aliphatic heterocycles. The van der Waals surface area contributed by atoms with E-state index in [1.165, 1.54) is 17.0 Å². The minimum Gasteiger partial charge on any atom is -0.463 e. The van der Waals surface area contributed by atoms with Crippen LogP contribution in [-0.4, -0.2) is 42.4 Å². The molecule has 0 fully saturated rings. The third kappa shape index (κ3) is 4.12. The predicted molar refractivity (Wildman–Crippen MR) is 119 cm³/mol. The van der Waals surface area contributed by atoms with Gasteiger partial charge >= 0.3 is 0 Å². The minimum atomic E-state index is -2.72. The zero-order valence-electron chi connectivity index (χ0n) is 19.3. The lowest BCUT2D eigenvalue weighted by Gasteiger charge is -2.18. The zero-order valence-corrected chi connectivity index (χ0v) is 19.3. The van der Waals surface area contributed by atoms with Gasteiger partial charge in [-0.05, 0) is 45.9 Å². The molecule has 0 spiro atoms. The van der Waals surface area contributed by atoms with Crippen LogP contribution in [0.1, 0.15) is 41.6 Å². The van der Waals surface area contributed by atoms with Crippen molar-refractivity contribution in [2.24, 2.45) is 0 Å². The van der Waals surface area contributed by atoms with Gasteiger partial charge in [-0.15, -0.1) is 0 Å². The summed E-state index contributed by atoms with van der Waals surface area (Å²) in [6.45, 7) is 8.57. The summed E-state index contributed by atoms with van der Waals surface area (Å²) in [6.07, 6.45) is -1.27. The first-order chi connectivity index (χ1) is 15.7. The number of pyridine rings is 1. The molecule has 0 N–H and O–H groups in total. The van der Waals surface area contributed by atoms with Gasteiger partial charge in [0.25, 0.3) is 6.43 Å². The van der Waals surface area contributed by atoms with E-state index in [0.717, 1.165) is 23.5 Å². The van der Waals surface area contributed by atoms with Gasteiger partial charge in [0.15, 0.2) is 11.4 Å². The third-order valence-corrected chi connectivity index (χ3v) is 5.85. The van der Waals surface area contributed by atoms with Gasteiger partial charge in [-0.3, -0.25) is 9.48 Å². The van der Waals surface area contributed by atoms with E-state index in [0.29, 0.717) is 18.0 Å². The molecule has 0 bridgehead atoms. The van der Waals surface area contributed by atoms with E-state index in [4.69, 9.17) is 4.42 Å². The average Bonchev–Trinajstić information content (AvgIpc) is 3.48. The van der Waals surface area contributed by atoms with Crippen molar-refractivity contribution >= 4 is 16.9 Å². The number of aromatic nitrogens is 5. The summed E-state index contributed by atoms with van der Waals surface area (Å²) >= 11 is 0. The summed E-state index contributed by atoms with van der Waals surface area (Å²) in [5.74, 6) is 0.151. The Morgan fingerprint density at radius 1 is 1.18 bits per heavy atom. The number of fused-ring (bicyclic) bond motifs is 1. The molecule has 0 saturated heterocycles. The van der Waals surface area contributed by atoms with Crippen LogP contribution in [0.3, 0.4) is 0 Å². The van der Waals surface area contributed by atoms with Crippen LogP contribution in [0.15, 0.2) is 28.9 Å². The van der Waals surface area contributed by atoms with E-state index >= 15 is 0 Å². The number of carbonyl (C=O) groups is 1. The Kier molecular flexibility index (Phi) is 6.01. The number of hydrogen-bond donors (Lipinski definition) is 0. The monoisotopic (exact) mass is 456 g/mol. The fraction of sp³-hybridized carbons (Fsp3) is 0.391. The number of carbonyl (C=O) groups excluding carboxylic acids is 1. The standard InChI is InChI=1S/C23H26F2N6O2/c1-6-30-15(4)17(13(2)27-30)11-29(5)20(32)12-31-23-21(14(3)28-31)16(22(24)25)10-18(26-23)19-8-7-9-33-19/h7-10,22H,6,11-12H2,1-5H3. The number of halogens is 2. The van der Waals surface area contributed by atoms with Crippen molar-refractivity contribution in [2.45, 2.75) is 53.8 Å². The van der Waals surface area contributed by atoms with E-state index in [2.05, 4.69) is 15.2 Å². The SMILES string of the molecule is CCn1nc(C)c(CN(C)C(=O)Cn2nc(C)c3c(C(F)F)cc(-c4ccco4)nc32)c1C. The number of alkyl halides is 2. The molecule has 0 atom stereocenters. The van der Waals surface area contributed by atoms with Crippen molar-refractivity contribution in [1.82, 2.24) is 29.4 Å². The van der Waals surface area contributed by atoms with Crippen LogP contribution in [-0.2, 0) is 24.4 Å². The molecular formula is C23H26F2N6O2. The highest BCUT2D eigenvalue weighted by molar-refractivity contribution is 5.86. The number of nitrogens with zero attached hydrogens (tertiary/aromatic N) is 6. The zero-order chi connectivity index (χ0) is 23.9. The number of rotatable bonds is 7. The smallest absolute Gasteiger partial charge is 0.264 e. The molecule has 10 heteroatoms. The van der Waals surface area contributed by atoms with Crippen LogP contribution in [0.2, 0.25) is 0 Å². The van der Waals surface area contributed by atoms with Gasteiger partial charge in [-0.1, -0.05) is 0 Å². The second kappa shape index (κ2) is 8.76. The Balaban J connectivity index is 1.67.